The Hall–Kier alpha value is -2.56. The van der Waals surface area contributed by atoms with Crippen LogP contribution in [0.5, 0.6) is 5.75 Å². The summed E-state index contributed by atoms with van der Waals surface area (Å²) in [5.74, 6) is 1.44. The normalized spacial score (nSPS) is 18.3. The highest BCUT2D eigenvalue weighted by molar-refractivity contribution is 5.91. The highest BCUT2D eigenvalue weighted by Crippen LogP contribution is 2.18. The number of nitrogens with zero attached hydrogens (tertiary/aromatic N) is 2. The number of aromatic nitrogens is 1. The Bertz CT molecular complexity index is 608. The van der Waals surface area contributed by atoms with Gasteiger partial charge in [-0.25, -0.2) is 0 Å². The SMILES string of the molecule is O=C(/C=C/c1ccco1)N1CC[C@@H](Oc2ccncc2)C1. The van der Waals surface area contributed by atoms with E-state index >= 15 is 0 Å². The predicted octanol–water partition coefficient (Wildman–Crippen LogP) is 2.37. The van der Waals surface area contributed by atoms with Crippen molar-refractivity contribution in [3.63, 3.8) is 0 Å². The second-order valence-corrected chi connectivity index (χ2v) is 4.84. The van der Waals surface area contributed by atoms with Crippen LogP contribution in [0.15, 0.2) is 53.4 Å². The summed E-state index contributed by atoms with van der Waals surface area (Å²) in [4.78, 5) is 17.8. The van der Waals surface area contributed by atoms with Gasteiger partial charge in [-0.2, -0.15) is 0 Å². The first-order chi connectivity index (χ1) is 10.3. The zero-order valence-corrected chi connectivity index (χ0v) is 11.5. The van der Waals surface area contributed by atoms with Crippen molar-refractivity contribution in [2.75, 3.05) is 13.1 Å². The molecule has 0 radical (unpaired) electrons. The average molecular weight is 284 g/mol. The highest BCUT2D eigenvalue weighted by Gasteiger charge is 2.26. The van der Waals surface area contributed by atoms with Gasteiger partial charge in [-0.3, -0.25) is 9.78 Å². The van der Waals surface area contributed by atoms with E-state index in [0.717, 1.165) is 12.2 Å². The van der Waals surface area contributed by atoms with Crippen LogP contribution in [0.4, 0.5) is 0 Å². The molecule has 3 heterocycles. The maximum atomic E-state index is 12.1. The van der Waals surface area contributed by atoms with Gasteiger partial charge >= 0.3 is 0 Å². The average Bonchev–Trinajstić information content (AvgIpc) is 3.17. The smallest absolute Gasteiger partial charge is 0.246 e. The van der Waals surface area contributed by atoms with Crippen molar-refractivity contribution in [3.8, 4) is 5.75 Å². The van der Waals surface area contributed by atoms with Crippen LogP contribution in [0.2, 0.25) is 0 Å². The van der Waals surface area contributed by atoms with Gasteiger partial charge in [0.1, 0.15) is 17.6 Å². The molecule has 1 atom stereocenters. The van der Waals surface area contributed by atoms with Gasteiger partial charge in [-0.15, -0.1) is 0 Å². The molecular weight excluding hydrogens is 268 g/mol. The van der Waals surface area contributed by atoms with Gasteiger partial charge < -0.3 is 14.1 Å². The molecule has 3 rings (SSSR count). The summed E-state index contributed by atoms with van der Waals surface area (Å²) in [5.41, 5.74) is 0. The van der Waals surface area contributed by atoms with Gasteiger partial charge in [0, 0.05) is 31.4 Å². The Morgan fingerprint density at radius 1 is 1.38 bits per heavy atom. The van der Waals surface area contributed by atoms with Crippen molar-refractivity contribution >= 4 is 12.0 Å². The van der Waals surface area contributed by atoms with Gasteiger partial charge in [0.15, 0.2) is 0 Å². The number of hydrogen-bond donors (Lipinski definition) is 0. The van der Waals surface area contributed by atoms with Crippen LogP contribution in [0.25, 0.3) is 6.08 Å². The summed E-state index contributed by atoms with van der Waals surface area (Å²) in [6.07, 6.45) is 9.06. The lowest BCUT2D eigenvalue weighted by molar-refractivity contribution is -0.125. The maximum Gasteiger partial charge on any atom is 0.246 e. The standard InChI is InChI=1S/C16H16N2O3/c19-16(4-3-13-2-1-11-20-13)18-10-7-15(12-18)21-14-5-8-17-9-6-14/h1-6,8-9,11,15H,7,10,12H2/b4-3+/t15-/m1/s1. The lowest BCUT2D eigenvalue weighted by Gasteiger charge is -2.15. The van der Waals surface area contributed by atoms with Crippen LogP contribution < -0.4 is 4.74 Å². The Morgan fingerprint density at radius 2 is 2.24 bits per heavy atom. The molecule has 1 saturated heterocycles. The van der Waals surface area contributed by atoms with Gasteiger partial charge in [-0.1, -0.05) is 0 Å². The Morgan fingerprint density at radius 3 is 3.00 bits per heavy atom. The number of amides is 1. The second kappa shape index (κ2) is 6.26. The van der Waals surface area contributed by atoms with E-state index in [-0.39, 0.29) is 12.0 Å². The highest BCUT2D eigenvalue weighted by atomic mass is 16.5. The Balaban J connectivity index is 1.53. The van der Waals surface area contributed by atoms with Crippen molar-refractivity contribution in [3.05, 3.63) is 54.8 Å². The van der Waals surface area contributed by atoms with E-state index in [0.29, 0.717) is 18.8 Å². The van der Waals surface area contributed by atoms with Gasteiger partial charge in [-0.05, 0) is 30.3 Å². The van der Waals surface area contributed by atoms with Crippen LogP contribution in [-0.2, 0) is 4.79 Å². The lowest BCUT2D eigenvalue weighted by Crippen LogP contribution is -2.29. The number of hydrogen-bond acceptors (Lipinski definition) is 4. The molecule has 5 heteroatoms. The molecule has 0 saturated carbocycles. The van der Waals surface area contributed by atoms with E-state index in [1.165, 1.54) is 6.08 Å². The van der Waals surface area contributed by atoms with Crippen LogP contribution in [0, 0.1) is 0 Å². The summed E-state index contributed by atoms with van der Waals surface area (Å²) in [5, 5.41) is 0. The molecule has 1 fully saturated rings. The molecule has 0 bridgehead atoms. The van der Waals surface area contributed by atoms with Gasteiger partial charge in [0.05, 0.1) is 12.8 Å². The minimum atomic E-state index is -0.0211. The third kappa shape index (κ3) is 3.51. The number of carbonyl (C=O) groups is 1. The minimum Gasteiger partial charge on any atom is -0.488 e. The summed E-state index contributed by atoms with van der Waals surface area (Å²) in [6, 6.07) is 7.24. The molecule has 0 spiro atoms. The largest absolute Gasteiger partial charge is 0.488 e. The molecule has 108 valence electrons. The summed E-state index contributed by atoms with van der Waals surface area (Å²) in [6.45, 7) is 1.31. The first-order valence-electron chi connectivity index (χ1n) is 6.88. The fourth-order valence-corrected chi connectivity index (χ4v) is 2.28. The number of pyridine rings is 1. The number of rotatable bonds is 4. The third-order valence-corrected chi connectivity index (χ3v) is 3.34. The van der Waals surface area contributed by atoms with E-state index in [9.17, 15) is 4.79 Å². The molecule has 0 aromatic carbocycles. The molecule has 0 N–H and O–H groups in total. The molecule has 5 nitrogen and oxygen atoms in total. The van der Waals surface area contributed by atoms with Crippen molar-refractivity contribution in [2.45, 2.75) is 12.5 Å². The second-order valence-electron chi connectivity index (χ2n) is 4.84. The summed E-state index contributed by atoms with van der Waals surface area (Å²) in [7, 11) is 0. The molecule has 2 aromatic heterocycles. The first kappa shape index (κ1) is 13.4. The van der Waals surface area contributed by atoms with Crippen molar-refractivity contribution < 1.29 is 13.9 Å². The van der Waals surface area contributed by atoms with E-state index < -0.39 is 0 Å². The summed E-state index contributed by atoms with van der Waals surface area (Å²) < 4.78 is 11.0. The number of furan rings is 1. The van der Waals surface area contributed by atoms with Gasteiger partial charge in [0.2, 0.25) is 5.91 Å². The molecule has 21 heavy (non-hydrogen) atoms. The molecule has 1 amide bonds. The Labute approximate surface area is 122 Å². The van der Waals surface area contributed by atoms with Crippen molar-refractivity contribution in [2.24, 2.45) is 0 Å². The molecular formula is C16H16N2O3. The van der Waals surface area contributed by atoms with E-state index in [2.05, 4.69) is 4.98 Å². The zero-order valence-electron chi connectivity index (χ0n) is 11.5. The molecule has 0 unspecified atom stereocenters. The van der Waals surface area contributed by atoms with Crippen LogP contribution in [0.1, 0.15) is 12.2 Å². The first-order valence-corrected chi connectivity index (χ1v) is 6.88. The topological polar surface area (TPSA) is 55.6 Å². The van der Waals surface area contributed by atoms with Crippen molar-refractivity contribution in [1.82, 2.24) is 9.88 Å². The maximum absolute atomic E-state index is 12.1. The van der Waals surface area contributed by atoms with Crippen LogP contribution in [-0.4, -0.2) is 35.0 Å². The molecule has 2 aromatic rings. The summed E-state index contributed by atoms with van der Waals surface area (Å²) >= 11 is 0. The van der Waals surface area contributed by atoms with Crippen LogP contribution in [0.3, 0.4) is 0 Å². The fourth-order valence-electron chi connectivity index (χ4n) is 2.28. The quantitative estimate of drug-likeness (QED) is 0.809. The third-order valence-electron chi connectivity index (χ3n) is 3.34. The Kier molecular flexibility index (Phi) is 4.00. The molecule has 1 aliphatic rings. The predicted molar refractivity (Wildman–Crippen MR) is 77.6 cm³/mol. The molecule has 1 aliphatic heterocycles. The van der Waals surface area contributed by atoms with E-state index in [4.69, 9.17) is 9.15 Å². The zero-order chi connectivity index (χ0) is 14.5. The van der Waals surface area contributed by atoms with Crippen LogP contribution >= 0.6 is 0 Å². The lowest BCUT2D eigenvalue weighted by atomic mass is 10.3. The van der Waals surface area contributed by atoms with Gasteiger partial charge in [0.25, 0.3) is 0 Å². The van der Waals surface area contributed by atoms with E-state index in [1.54, 1.807) is 35.7 Å². The monoisotopic (exact) mass is 284 g/mol. The number of carbonyl (C=O) groups excluding carboxylic acids is 1. The molecule has 0 aliphatic carbocycles. The minimum absolute atomic E-state index is 0.0211. The van der Waals surface area contributed by atoms with Crippen molar-refractivity contribution in [1.29, 1.82) is 0 Å². The fraction of sp³-hybridized carbons (Fsp3) is 0.250. The number of ether oxygens (including phenoxy) is 1. The van der Waals surface area contributed by atoms with E-state index in [1.807, 2.05) is 18.2 Å². The number of likely N-dealkylation sites (tertiary alicyclic amines) is 1.